The molecule has 0 aromatic heterocycles. The molecule has 2 aromatic carbocycles. The van der Waals surface area contributed by atoms with Crippen molar-refractivity contribution in [2.45, 2.75) is 6.42 Å². The fraction of sp³-hybridized carbons (Fsp3) is 0.133. The van der Waals surface area contributed by atoms with Gasteiger partial charge in [-0.2, -0.15) is 0 Å². The Labute approximate surface area is 117 Å². The van der Waals surface area contributed by atoms with Crippen molar-refractivity contribution in [1.29, 1.82) is 0 Å². The van der Waals surface area contributed by atoms with Gasteiger partial charge in [0.1, 0.15) is 11.5 Å². The number of hydrogen-bond donors (Lipinski definition) is 2. The second-order valence-corrected chi connectivity index (χ2v) is 4.26. The van der Waals surface area contributed by atoms with Gasteiger partial charge in [-0.1, -0.05) is 18.2 Å². The number of benzene rings is 2. The summed E-state index contributed by atoms with van der Waals surface area (Å²) < 4.78 is 10.4. The second kappa shape index (κ2) is 5.97. The smallest absolute Gasteiger partial charge is 0.310 e. The van der Waals surface area contributed by atoms with Crippen LogP contribution in [-0.4, -0.2) is 13.1 Å². The lowest BCUT2D eigenvalue weighted by atomic mass is 10.1. The van der Waals surface area contributed by atoms with Gasteiger partial charge in [0.2, 0.25) is 0 Å². The van der Waals surface area contributed by atoms with Crippen LogP contribution in [0.5, 0.6) is 11.5 Å². The molecule has 104 valence electrons. The van der Waals surface area contributed by atoms with Crippen molar-refractivity contribution in [3.63, 3.8) is 0 Å². The van der Waals surface area contributed by atoms with Gasteiger partial charge in [-0.25, -0.2) is 0 Å². The largest absolute Gasteiger partial charge is 0.469 e. The highest BCUT2D eigenvalue weighted by Gasteiger charge is 2.10. The van der Waals surface area contributed by atoms with Gasteiger partial charge < -0.3 is 20.9 Å². The number of ether oxygens (including phenoxy) is 2. The summed E-state index contributed by atoms with van der Waals surface area (Å²) in [6, 6.07) is 12.3. The molecule has 0 saturated carbocycles. The number of nitrogens with two attached hydrogens (primary N) is 2. The Morgan fingerprint density at radius 3 is 2.55 bits per heavy atom. The zero-order chi connectivity index (χ0) is 14.5. The van der Waals surface area contributed by atoms with Crippen LogP contribution in [0.25, 0.3) is 0 Å². The van der Waals surface area contributed by atoms with Crippen molar-refractivity contribution >= 4 is 17.3 Å². The minimum Gasteiger partial charge on any atom is -0.469 e. The predicted octanol–water partition coefficient (Wildman–Crippen LogP) is 2.36. The Balaban J connectivity index is 2.26. The van der Waals surface area contributed by atoms with E-state index >= 15 is 0 Å². The maximum atomic E-state index is 11.4. The van der Waals surface area contributed by atoms with Crippen LogP contribution in [0.15, 0.2) is 42.5 Å². The Hall–Kier alpha value is -2.69. The molecule has 0 aliphatic carbocycles. The first-order valence-electron chi connectivity index (χ1n) is 6.07. The Bertz CT molecular complexity index is 626. The number of rotatable bonds is 4. The summed E-state index contributed by atoms with van der Waals surface area (Å²) >= 11 is 0. The molecule has 0 fully saturated rings. The number of carbonyl (C=O) groups is 1. The third-order valence-electron chi connectivity index (χ3n) is 2.79. The second-order valence-electron chi connectivity index (χ2n) is 4.26. The molecule has 2 rings (SSSR count). The van der Waals surface area contributed by atoms with Gasteiger partial charge in [-0.15, -0.1) is 0 Å². The molecular formula is C15H16N2O3. The van der Waals surface area contributed by atoms with Crippen LogP contribution < -0.4 is 16.2 Å². The van der Waals surface area contributed by atoms with Crippen molar-refractivity contribution in [2.75, 3.05) is 18.6 Å². The first-order chi connectivity index (χ1) is 9.60. The van der Waals surface area contributed by atoms with Gasteiger partial charge in [0.05, 0.1) is 19.2 Å². The molecule has 0 atom stereocenters. The van der Waals surface area contributed by atoms with E-state index in [2.05, 4.69) is 4.74 Å². The molecule has 0 aliphatic rings. The van der Waals surface area contributed by atoms with E-state index in [9.17, 15) is 4.79 Å². The Morgan fingerprint density at radius 2 is 1.85 bits per heavy atom. The lowest BCUT2D eigenvalue weighted by Gasteiger charge is -2.12. The molecule has 0 radical (unpaired) electrons. The zero-order valence-electron chi connectivity index (χ0n) is 11.1. The van der Waals surface area contributed by atoms with Crippen molar-refractivity contribution in [3.05, 3.63) is 48.0 Å². The summed E-state index contributed by atoms with van der Waals surface area (Å²) in [6.45, 7) is 0. The van der Waals surface area contributed by atoms with Crippen LogP contribution in [-0.2, 0) is 16.0 Å². The fourth-order valence-electron chi connectivity index (χ4n) is 1.76. The first-order valence-corrected chi connectivity index (χ1v) is 6.07. The summed E-state index contributed by atoms with van der Waals surface area (Å²) in [5.74, 6) is 0.734. The summed E-state index contributed by atoms with van der Waals surface area (Å²) in [5, 5.41) is 0. The molecule has 20 heavy (non-hydrogen) atoms. The van der Waals surface area contributed by atoms with E-state index in [-0.39, 0.29) is 12.4 Å². The molecule has 4 N–H and O–H groups in total. The maximum absolute atomic E-state index is 11.4. The van der Waals surface area contributed by atoms with E-state index in [1.165, 1.54) is 7.11 Å². The summed E-state index contributed by atoms with van der Waals surface area (Å²) in [6.07, 6.45) is 0.140. The number of hydrogen-bond acceptors (Lipinski definition) is 5. The molecule has 5 nitrogen and oxygen atoms in total. The van der Waals surface area contributed by atoms with E-state index < -0.39 is 0 Å². The quantitative estimate of drug-likeness (QED) is 0.659. The molecule has 0 amide bonds. The minimum absolute atomic E-state index is 0.140. The van der Waals surface area contributed by atoms with E-state index in [0.717, 1.165) is 5.56 Å². The van der Waals surface area contributed by atoms with Gasteiger partial charge in [0.15, 0.2) is 0 Å². The molecule has 0 unspecified atom stereocenters. The maximum Gasteiger partial charge on any atom is 0.310 e. The average Bonchev–Trinajstić information content (AvgIpc) is 2.43. The monoisotopic (exact) mass is 272 g/mol. The van der Waals surface area contributed by atoms with Crippen molar-refractivity contribution in [1.82, 2.24) is 0 Å². The summed E-state index contributed by atoms with van der Waals surface area (Å²) in [5.41, 5.74) is 13.2. The van der Waals surface area contributed by atoms with E-state index in [4.69, 9.17) is 16.2 Å². The third-order valence-corrected chi connectivity index (χ3v) is 2.79. The van der Waals surface area contributed by atoms with Gasteiger partial charge in [0, 0.05) is 11.3 Å². The van der Waals surface area contributed by atoms with Crippen LogP contribution in [0.2, 0.25) is 0 Å². The number of anilines is 2. The van der Waals surface area contributed by atoms with Crippen molar-refractivity contribution in [2.24, 2.45) is 0 Å². The molecule has 2 aromatic rings. The third kappa shape index (κ3) is 3.20. The average molecular weight is 272 g/mol. The number of carbonyl (C=O) groups excluding carboxylic acids is 1. The lowest BCUT2D eigenvalue weighted by Crippen LogP contribution is -2.05. The number of esters is 1. The van der Waals surface area contributed by atoms with Gasteiger partial charge in [-0.3, -0.25) is 4.79 Å². The number of methoxy groups -OCH3 is 1. The van der Waals surface area contributed by atoms with Crippen LogP contribution in [0, 0.1) is 0 Å². The molecule has 0 heterocycles. The minimum atomic E-state index is -0.327. The predicted molar refractivity (Wildman–Crippen MR) is 77.5 cm³/mol. The highest BCUT2D eigenvalue weighted by molar-refractivity contribution is 5.73. The molecular weight excluding hydrogens is 256 g/mol. The van der Waals surface area contributed by atoms with Crippen LogP contribution >= 0.6 is 0 Å². The van der Waals surface area contributed by atoms with E-state index in [1.807, 2.05) is 12.1 Å². The Morgan fingerprint density at radius 1 is 1.10 bits per heavy atom. The van der Waals surface area contributed by atoms with Crippen LogP contribution in [0.4, 0.5) is 11.4 Å². The summed E-state index contributed by atoms with van der Waals surface area (Å²) in [7, 11) is 1.35. The molecule has 0 bridgehead atoms. The fourth-order valence-corrected chi connectivity index (χ4v) is 1.76. The number of nitrogen functional groups attached to an aromatic ring is 2. The molecule has 0 saturated heterocycles. The summed E-state index contributed by atoms with van der Waals surface area (Å²) in [4.78, 5) is 11.4. The zero-order valence-corrected chi connectivity index (χ0v) is 11.1. The van der Waals surface area contributed by atoms with Crippen LogP contribution in [0.1, 0.15) is 5.56 Å². The van der Waals surface area contributed by atoms with Gasteiger partial charge >= 0.3 is 5.97 Å². The van der Waals surface area contributed by atoms with Crippen molar-refractivity contribution < 1.29 is 14.3 Å². The SMILES string of the molecule is COC(=O)Cc1ccccc1Oc1ccc(N)cc1N. The molecule has 5 heteroatoms. The topological polar surface area (TPSA) is 87.6 Å². The molecule has 0 aliphatic heterocycles. The first kappa shape index (κ1) is 13.7. The number of para-hydroxylation sites is 1. The van der Waals surface area contributed by atoms with E-state index in [1.54, 1.807) is 30.3 Å². The lowest BCUT2D eigenvalue weighted by molar-refractivity contribution is -0.139. The normalized spacial score (nSPS) is 10.1. The highest BCUT2D eigenvalue weighted by Crippen LogP contribution is 2.31. The van der Waals surface area contributed by atoms with Crippen molar-refractivity contribution in [3.8, 4) is 11.5 Å². The standard InChI is InChI=1S/C15H16N2O3/c1-19-15(18)8-10-4-2-3-5-13(10)20-14-7-6-11(16)9-12(14)17/h2-7,9H,8,16-17H2,1H3. The van der Waals surface area contributed by atoms with Gasteiger partial charge in [0.25, 0.3) is 0 Å². The Kier molecular flexibility index (Phi) is 4.10. The van der Waals surface area contributed by atoms with Crippen LogP contribution in [0.3, 0.4) is 0 Å². The highest BCUT2D eigenvalue weighted by atomic mass is 16.5. The van der Waals surface area contributed by atoms with Gasteiger partial charge in [-0.05, 0) is 24.3 Å². The van der Waals surface area contributed by atoms with E-state index in [0.29, 0.717) is 22.9 Å². The molecule has 0 spiro atoms.